The first-order chi connectivity index (χ1) is 15.4. The van der Waals surface area contributed by atoms with Gasteiger partial charge in [-0.3, -0.25) is 0 Å². The van der Waals surface area contributed by atoms with Crippen molar-refractivity contribution in [3.63, 3.8) is 0 Å². The van der Waals surface area contributed by atoms with Gasteiger partial charge >= 0.3 is 191 Å². The molecule has 5 nitrogen and oxygen atoms in total. The van der Waals surface area contributed by atoms with Gasteiger partial charge in [-0.2, -0.15) is 0 Å². The number of nitrogens with two attached hydrogens (primary N) is 1. The van der Waals surface area contributed by atoms with Crippen LogP contribution in [-0.2, 0) is 4.79 Å². The van der Waals surface area contributed by atoms with Crippen LogP contribution in [0, 0.1) is 0 Å². The molecule has 3 aromatic carbocycles. The quantitative estimate of drug-likeness (QED) is 0.511. The molecule has 0 saturated carbocycles. The standard InChI is InChI=1S/C26H32N3O2P/c1-28(25(30)21-29(2)26(27)31)19-12-20-32(22-13-6-3-7-14-22,23-15-8-4-9-16-23)24-17-10-5-11-18-24/h3-11,13-18,32H,12,19-21H2,1-2H3,(H2,27,31). The number of carbonyl (C=O) groups is 2. The summed E-state index contributed by atoms with van der Waals surface area (Å²) in [4.78, 5) is 26.7. The van der Waals surface area contributed by atoms with Crippen LogP contribution in [-0.4, -0.2) is 55.1 Å². The summed E-state index contributed by atoms with van der Waals surface area (Å²) in [6, 6.07) is 31.7. The van der Waals surface area contributed by atoms with Gasteiger partial charge in [0.15, 0.2) is 0 Å². The molecule has 2 N–H and O–H groups in total. The monoisotopic (exact) mass is 449 g/mol. The van der Waals surface area contributed by atoms with Crippen molar-refractivity contribution in [1.29, 1.82) is 0 Å². The molecular formula is C26H32N3O2P. The zero-order valence-corrected chi connectivity index (χ0v) is 19.8. The molecule has 3 amide bonds. The van der Waals surface area contributed by atoms with Crippen LogP contribution < -0.4 is 21.6 Å². The Labute approximate surface area is 191 Å². The molecule has 0 radical (unpaired) electrons. The number of carbonyl (C=O) groups excluding carboxylic acids is 2. The SMILES string of the molecule is CN(CC(=O)N(C)CCC[PH](c1ccccc1)(c1ccccc1)c1ccccc1)C(N)=O. The zero-order chi connectivity index (χ0) is 23.0. The molecule has 32 heavy (non-hydrogen) atoms. The van der Waals surface area contributed by atoms with E-state index in [-0.39, 0.29) is 12.5 Å². The van der Waals surface area contributed by atoms with E-state index in [0.29, 0.717) is 6.54 Å². The van der Waals surface area contributed by atoms with Gasteiger partial charge in [-0.1, -0.05) is 0 Å². The molecule has 3 rings (SSSR count). The first kappa shape index (κ1) is 23.5. The molecule has 168 valence electrons. The van der Waals surface area contributed by atoms with Gasteiger partial charge in [0.2, 0.25) is 0 Å². The molecule has 3 aromatic rings. The fourth-order valence-corrected chi connectivity index (χ4v) is 9.05. The second kappa shape index (κ2) is 10.9. The van der Waals surface area contributed by atoms with E-state index < -0.39 is 13.3 Å². The second-order valence-corrected chi connectivity index (χ2v) is 12.2. The fourth-order valence-electron chi connectivity index (χ4n) is 4.21. The predicted octanol–water partition coefficient (Wildman–Crippen LogP) is 2.57. The molecule has 0 bridgehead atoms. The van der Waals surface area contributed by atoms with Crippen LogP contribution in [0.1, 0.15) is 6.42 Å². The van der Waals surface area contributed by atoms with Crippen molar-refractivity contribution >= 4 is 35.1 Å². The summed E-state index contributed by atoms with van der Waals surface area (Å²) < 4.78 is 0. The van der Waals surface area contributed by atoms with E-state index in [4.69, 9.17) is 5.73 Å². The Balaban J connectivity index is 1.90. The number of urea groups is 1. The van der Waals surface area contributed by atoms with Crippen LogP contribution in [0.2, 0.25) is 0 Å². The first-order valence-corrected chi connectivity index (χ1v) is 13.1. The number of hydrogen-bond acceptors (Lipinski definition) is 2. The summed E-state index contributed by atoms with van der Waals surface area (Å²) in [5, 5.41) is 4.08. The molecule has 0 unspecified atom stereocenters. The molecule has 0 saturated heterocycles. The third-order valence-corrected chi connectivity index (χ3v) is 11.1. The molecule has 0 aliphatic carbocycles. The number of amides is 3. The van der Waals surface area contributed by atoms with Gasteiger partial charge in [0, 0.05) is 0 Å². The summed E-state index contributed by atoms with van der Waals surface area (Å²) in [5.74, 6) is -0.113. The average molecular weight is 450 g/mol. The van der Waals surface area contributed by atoms with Crippen molar-refractivity contribution in [2.75, 3.05) is 33.3 Å². The Morgan fingerprint density at radius 3 is 1.50 bits per heavy atom. The Hall–Kier alpha value is -3.17. The van der Waals surface area contributed by atoms with Crippen LogP contribution in [0.3, 0.4) is 0 Å². The third kappa shape index (κ3) is 5.35. The number of nitrogens with zero attached hydrogens (tertiary/aromatic N) is 2. The van der Waals surface area contributed by atoms with E-state index >= 15 is 0 Å². The van der Waals surface area contributed by atoms with Crippen molar-refractivity contribution in [3.8, 4) is 0 Å². The Bertz CT molecular complexity index is 916. The summed E-state index contributed by atoms with van der Waals surface area (Å²) >= 11 is 0. The fraction of sp³-hybridized carbons (Fsp3) is 0.231. The summed E-state index contributed by atoms with van der Waals surface area (Å²) in [6.45, 7) is 0.608. The van der Waals surface area contributed by atoms with Gasteiger partial charge in [0.05, 0.1) is 0 Å². The molecule has 0 fully saturated rings. The Morgan fingerprint density at radius 2 is 1.12 bits per heavy atom. The van der Waals surface area contributed by atoms with Crippen molar-refractivity contribution < 1.29 is 9.59 Å². The molecule has 0 aliphatic rings. The van der Waals surface area contributed by atoms with Crippen molar-refractivity contribution in [2.24, 2.45) is 5.73 Å². The normalized spacial score (nSPS) is 11.6. The van der Waals surface area contributed by atoms with E-state index in [1.54, 1.807) is 11.9 Å². The van der Waals surface area contributed by atoms with E-state index in [1.165, 1.54) is 27.9 Å². The van der Waals surface area contributed by atoms with Gasteiger partial charge < -0.3 is 0 Å². The van der Waals surface area contributed by atoms with Crippen LogP contribution in [0.5, 0.6) is 0 Å². The minimum atomic E-state index is -2.30. The molecule has 6 heteroatoms. The number of benzene rings is 3. The number of hydrogen-bond donors (Lipinski definition) is 1. The van der Waals surface area contributed by atoms with Crippen molar-refractivity contribution in [2.45, 2.75) is 6.42 Å². The maximum atomic E-state index is 12.5. The number of likely N-dealkylation sites (N-methyl/N-ethyl adjacent to an activating group) is 2. The second-order valence-electron chi connectivity index (χ2n) is 8.12. The molecule has 0 aromatic heterocycles. The Kier molecular flexibility index (Phi) is 8.02. The maximum absolute atomic E-state index is 12.5. The van der Waals surface area contributed by atoms with Crippen LogP contribution in [0.15, 0.2) is 91.0 Å². The molecule has 0 atom stereocenters. The summed E-state index contributed by atoms with van der Waals surface area (Å²) in [7, 11) is 1.02. The Morgan fingerprint density at radius 1 is 0.719 bits per heavy atom. The first-order valence-electron chi connectivity index (χ1n) is 10.9. The number of rotatable bonds is 9. The number of primary amides is 1. The molecular weight excluding hydrogens is 417 g/mol. The van der Waals surface area contributed by atoms with Crippen molar-refractivity contribution in [3.05, 3.63) is 91.0 Å². The van der Waals surface area contributed by atoms with E-state index in [0.717, 1.165) is 12.6 Å². The van der Waals surface area contributed by atoms with Crippen LogP contribution in [0.25, 0.3) is 0 Å². The molecule has 0 heterocycles. The predicted molar refractivity (Wildman–Crippen MR) is 136 cm³/mol. The third-order valence-electron chi connectivity index (χ3n) is 6.02. The van der Waals surface area contributed by atoms with Gasteiger partial charge in [-0.05, 0) is 0 Å². The van der Waals surface area contributed by atoms with Gasteiger partial charge in [-0.15, -0.1) is 0 Å². The molecule has 0 aliphatic heterocycles. The van der Waals surface area contributed by atoms with E-state index in [2.05, 4.69) is 91.0 Å². The van der Waals surface area contributed by atoms with Gasteiger partial charge in [-0.25, -0.2) is 0 Å². The summed E-state index contributed by atoms with van der Waals surface area (Å²) in [5.41, 5.74) is 5.26. The van der Waals surface area contributed by atoms with E-state index in [9.17, 15) is 9.59 Å². The minimum absolute atomic E-state index is 0.00946. The molecule has 0 spiro atoms. The van der Waals surface area contributed by atoms with Crippen molar-refractivity contribution in [1.82, 2.24) is 9.80 Å². The average Bonchev–Trinajstić information content (AvgIpc) is 2.83. The summed E-state index contributed by atoms with van der Waals surface area (Å²) in [6.07, 6.45) is 1.82. The topological polar surface area (TPSA) is 66.6 Å². The van der Waals surface area contributed by atoms with Crippen LogP contribution >= 0.6 is 7.26 Å². The van der Waals surface area contributed by atoms with Gasteiger partial charge in [0.25, 0.3) is 0 Å². The zero-order valence-electron chi connectivity index (χ0n) is 18.8. The van der Waals surface area contributed by atoms with E-state index in [1.807, 2.05) is 0 Å². The van der Waals surface area contributed by atoms with Gasteiger partial charge in [0.1, 0.15) is 0 Å². The van der Waals surface area contributed by atoms with Crippen LogP contribution in [0.4, 0.5) is 4.79 Å².